The van der Waals surface area contributed by atoms with Crippen LogP contribution in [0.5, 0.6) is 23.0 Å². The average Bonchev–Trinajstić information content (AvgIpc) is 3.52. The quantitative estimate of drug-likeness (QED) is 0.0480. The Labute approximate surface area is 459 Å². The maximum Gasteiger partial charge on any atom is 0.259 e. The first-order valence-corrected chi connectivity index (χ1v) is 25.5. The molecule has 0 fully saturated rings. The number of anilines is 4. The summed E-state index contributed by atoms with van der Waals surface area (Å²) in [4.78, 5) is 54.2. The monoisotopic (exact) mass is 1060 g/mol. The fourth-order valence-corrected chi connectivity index (χ4v) is 8.76. The van der Waals surface area contributed by atoms with Crippen molar-refractivity contribution in [3.8, 4) is 34.1 Å². The number of aromatic hydroxyl groups is 2. The van der Waals surface area contributed by atoms with E-state index in [9.17, 15) is 29.4 Å². The molecule has 6 N–H and O–H groups in total. The van der Waals surface area contributed by atoms with Gasteiger partial charge in [-0.05, 0) is 133 Å². The topological polar surface area (TPSA) is 225 Å². The number of hydrogen-bond acceptors (Lipinski definition) is 12. The standard InChI is InChI=1S/C64H50N8O8/c1-3-79-55-33-27-43(61(75)65-45-17-7-5-8-18-45)37-53(55)69-71-57-49-21-13-11-15-41(49)35-51(59(57)73)63(77)67-47-29-23-39(24-30-47)40-25-31-48(32-26-40)68-64(78)52-36-42-16-12-14-22-50(42)58(60(52)74)72-70-54-38-44(28-34-56(54)80-4-2)62(76)66-46-19-9-6-10-20-46/h5-38,73-74H,3-4H2,1-2H3,(H,65,75)(H,66,76)(H,67,77)(H,68,78). The van der Waals surface area contributed by atoms with Crippen LogP contribution in [0.4, 0.5) is 45.5 Å². The van der Waals surface area contributed by atoms with Crippen LogP contribution in [0, 0.1) is 0 Å². The molecule has 0 atom stereocenters. The number of nitrogens with one attached hydrogen (secondary N) is 4. The van der Waals surface area contributed by atoms with Crippen LogP contribution in [0.2, 0.25) is 0 Å². The molecule has 10 rings (SSSR count). The highest BCUT2D eigenvalue weighted by molar-refractivity contribution is 6.13. The third-order valence-electron chi connectivity index (χ3n) is 12.7. The molecule has 0 aliphatic heterocycles. The molecule has 0 saturated carbocycles. The minimum absolute atomic E-state index is 0.0400. The molecule has 10 aromatic rings. The fraction of sp³-hybridized carbons (Fsp3) is 0.0625. The van der Waals surface area contributed by atoms with Crippen molar-refractivity contribution in [2.45, 2.75) is 13.8 Å². The Kier molecular flexibility index (Phi) is 15.7. The van der Waals surface area contributed by atoms with E-state index in [1.807, 2.05) is 86.6 Å². The van der Waals surface area contributed by atoms with Crippen LogP contribution in [-0.4, -0.2) is 47.1 Å². The van der Waals surface area contributed by atoms with E-state index in [-0.39, 0.29) is 45.7 Å². The van der Waals surface area contributed by atoms with E-state index in [1.165, 1.54) is 0 Å². The molecule has 10 aromatic carbocycles. The summed E-state index contributed by atoms with van der Waals surface area (Å²) in [5, 5.41) is 54.9. The van der Waals surface area contributed by atoms with Crippen molar-refractivity contribution in [1.29, 1.82) is 0 Å². The van der Waals surface area contributed by atoms with Gasteiger partial charge in [-0.25, -0.2) is 0 Å². The van der Waals surface area contributed by atoms with Crippen LogP contribution in [0.1, 0.15) is 55.3 Å². The second-order valence-corrected chi connectivity index (χ2v) is 18.0. The molecule has 4 amide bonds. The average molecular weight is 1060 g/mol. The molecule has 0 radical (unpaired) electrons. The van der Waals surface area contributed by atoms with Gasteiger partial charge in [0.25, 0.3) is 23.6 Å². The Hall–Kier alpha value is -11.0. The van der Waals surface area contributed by atoms with Gasteiger partial charge in [-0.2, -0.15) is 0 Å². The normalized spacial score (nSPS) is 11.2. The number of hydrogen-bond donors (Lipinski definition) is 6. The Morgan fingerprint density at radius 3 is 1.12 bits per heavy atom. The van der Waals surface area contributed by atoms with Crippen LogP contribution in [0.3, 0.4) is 0 Å². The molecule has 80 heavy (non-hydrogen) atoms. The smallest absolute Gasteiger partial charge is 0.259 e. The summed E-state index contributed by atoms with van der Waals surface area (Å²) >= 11 is 0. The first kappa shape index (κ1) is 52.4. The first-order chi connectivity index (χ1) is 39.0. The highest BCUT2D eigenvalue weighted by Crippen LogP contribution is 2.43. The number of carbonyl (C=O) groups is 4. The number of phenols is 2. The predicted molar refractivity (Wildman–Crippen MR) is 311 cm³/mol. The highest BCUT2D eigenvalue weighted by atomic mass is 16.5. The number of fused-ring (bicyclic) bond motifs is 2. The largest absolute Gasteiger partial charge is 0.505 e. The van der Waals surface area contributed by atoms with Crippen molar-refractivity contribution in [1.82, 2.24) is 0 Å². The van der Waals surface area contributed by atoms with Gasteiger partial charge in [0.2, 0.25) is 0 Å². The van der Waals surface area contributed by atoms with Gasteiger partial charge in [-0.1, -0.05) is 109 Å². The number of carbonyl (C=O) groups excluding carboxylic acids is 4. The maximum absolute atomic E-state index is 13.9. The lowest BCUT2D eigenvalue weighted by atomic mass is 10.0. The Morgan fingerprint density at radius 2 is 0.738 bits per heavy atom. The molecule has 394 valence electrons. The molecule has 0 aliphatic rings. The molecular weight excluding hydrogens is 1010 g/mol. The molecule has 16 heteroatoms. The molecule has 0 bridgehead atoms. The minimum atomic E-state index is -0.592. The van der Waals surface area contributed by atoms with E-state index in [1.54, 1.807) is 133 Å². The van der Waals surface area contributed by atoms with Gasteiger partial charge in [0.15, 0.2) is 11.5 Å². The van der Waals surface area contributed by atoms with Crippen molar-refractivity contribution in [3.05, 3.63) is 229 Å². The van der Waals surface area contributed by atoms with Crippen molar-refractivity contribution < 1.29 is 38.9 Å². The number of benzene rings is 10. The lowest BCUT2D eigenvalue weighted by Crippen LogP contribution is -2.12. The van der Waals surface area contributed by atoms with E-state index in [0.29, 0.717) is 80.1 Å². The van der Waals surface area contributed by atoms with Crippen molar-refractivity contribution in [3.63, 3.8) is 0 Å². The molecule has 0 heterocycles. The minimum Gasteiger partial charge on any atom is -0.505 e. The molecule has 0 spiro atoms. The number of azo groups is 2. The Balaban J connectivity index is 0.835. The molecule has 0 aromatic heterocycles. The summed E-state index contributed by atoms with van der Waals surface area (Å²) in [7, 11) is 0. The summed E-state index contributed by atoms with van der Waals surface area (Å²) in [6, 6.07) is 59.4. The zero-order valence-electron chi connectivity index (χ0n) is 43.2. The van der Waals surface area contributed by atoms with Gasteiger partial charge in [0.1, 0.15) is 34.2 Å². The lowest BCUT2D eigenvalue weighted by molar-refractivity contribution is 0.101. The van der Waals surface area contributed by atoms with Gasteiger partial charge in [0, 0.05) is 44.6 Å². The van der Waals surface area contributed by atoms with Gasteiger partial charge < -0.3 is 41.0 Å². The highest BCUT2D eigenvalue weighted by Gasteiger charge is 2.22. The Bertz CT molecular complexity index is 3760. The number of rotatable bonds is 17. The third kappa shape index (κ3) is 11.8. The van der Waals surface area contributed by atoms with Crippen LogP contribution < -0.4 is 30.7 Å². The van der Waals surface area contributed by atoms with E-state index in [0.717, 1.165) is 11.1 Å². The zero-order valence-corrected chi connectivity index (χ0v) is 43.2. The second kappa shape index (κ2) is 23.9. The number of ether oxygens (including phenoxy) is 2. The summed E-state index contributed by atoms with van der Waals surface area (Å²) in [5.74, 6) is -1.96. The van der Waals surface area contributed by atoms with Crippen LogP contribution >= 0.6 is 0 Å². The SMILES string of the molecule is CCOc1ccc(C(=O)Nc2ccccc2)cc1N=Nc1c(O)c(C(=O)Nc2ccc(-c3ccc(NC(=O)c4cc5ccccc5c(N=Nc5cc(C(=O)Nc6ccccc6)ccc5OCC)c4O)cc3)cc2)cc2ccccc12. The van der Waals surface area contributed by atoms with Crippen molar-refractivity contribution in [2.75, 3.05) is 34.5 Å². The molecule has 16 nitrogen and oxygen atoms in total. The second-order valence-electron chi connectivity index (χ2n) is 18.0. The predicted octanol–water partition coefficient (Wildman–Crippen LogP) is 15.7. The number of para-hydroxylation sites is 2. The van der Waals surface area contributed by atoms with Crippen molar-refractivity contribution in [2.24, 2.45) is 20.5 Å². The van der Waals surface area contributed by atoms with E-state index >= 15 is 0 Å². The number of phenolic OH excluding ortho intramolecular Hbond substituents is 2. The molecular formula is C64H50N8O8. The number of nitrogens with zero attached hydrogens (tertiary/aromatic N) is 4. The van der Waals surface area contributed by atoms with E-state index < -0.39 is 23.3 Å². The summed E-state index contributed by atoms with van der Waals surface area (Å²) in [6.07, 6.45) is 0. The van der Waals surface area contributed by atoms with Crippen molar-refractivity contribution >= 4 is 90.7 Å². The van der Waals surface area contributed by atoms with Crippen LogP contribution in [-0.2, 0) is 0 Å². The lowest BCUT2D eigenvalue weighted by Gasteiger charge is -2.13. The van der Waals surface area contributed by atoms with Gasteiger partial charge >= 0.3 is 0 Å². The summed E-state index contributed by atoms with van der Waals surface area (Å²) in [5.41, 5.74) is 4.89. The molecule has 0 aliphatic carbocycles. The summed E-state index contributed by atoms with van der Waals surface area (Å²) in [6.45, 7) is 4.29. The number of amides is 4. The Morgan fingerprint density at radius 1 is 0.388 bits per heavy atom. The van der Waals surface area contributed by atoms with Crippen LogP contribution in [0.25, 0.3) is 32.7 Å². The van der Waals surface area contributed by atoms with Gasteiger partial charge in [0.05, 0.1) is 24.3 Å². The van der Waals surface area contributed by atoms with E-state index in [2.05, 4.69) is 41.7 Å². The first-order valence-electron chi connectivity index (χ1n) is 25.5. The fourth-order valence-electron chi connectivity index (χ4n) is 8.76. The molecule has 0 unspecified atom stereocenters. The van der Waals surface area contributed by atoms with Crippen LogP contribution in [0.15, 0.2) is 227 Å². The van der Waals surface area contributed by atoms with Gasteiger partial charge in [-0.3, -0.25) is 19.2 Å². The molecule has 0 saturated heterocycles. The summed E-state index contributed by atoms with van der Waals surface area (Å²) < 4.78 is 11.6. The zero-order chi connectivity index (χ0) is 55.5. The van der Waals surface area contributed by atoms with Gasteiger partial charge in [-0.15, -0.1) is 20.5 Å². The third-order valence-corrected chi connectivity index (χ3v) is 12.7. The van der Waals surface area contributed by atoms with E-state index in [4.69, 9.17) is 9.47 Å². The maximum atomic E-state index is 13.9.